The zero-order chi connectivity index (χ0) is 17.8. The summed E-state index contributed by atoms with van der Waals surface area (Å²) < 4.78 is 5.61. The molecule has 0 spiro atoms. The maximum absolute atomic E-state index is 12.5. The van der Waals surface area contributed by atoms with Gasteiger partial charge < -0.3 is 15.1 Å². The Hall–Kier alpha value is -3.41. The van der Waals surface area contributed by atoms with Gasteiger partial charge in [0.25, 0.3) is 5.91 Å². The molecular formula is C19H17N3O3. The van der Waals surface area contributed by atoms with Gasteiger partial charge in [-0.15, -0.1) is 0 Å². The second-order valence-electron chi connectivity index (χ2n) is 5.51. The summed E-state index contributed by atoms with van der Waals surface area (Å²) >= 11 is 0. The van der Waals surface area contributed by atoms with Gasteiger partial charge in [0.2, 0.25) is 11.8 Å². The minimum absolute atomic E-state index is 0.177. The Labute approximate surface area is 144 Å². The van der Waals surface area contributed by atoms with Crippen LogP contribution in [0, 0.1) is 6.92 Å². The number of nitrogens with one attached hydrogen (secondary N) is 2. The first kappa shape index (κ1) is 16.4. The predicted octanol–water partition coefficient (Wildman–Crippen LogP) is 3.86. The first-order chi connectivity index (χ1) is 12.0. The first-order valence-corrected chi connectivity index (χ1v) is 7.75. The second kappa shape index (κ2) is 7.00. The Bertz CT molecular complexity index is 917. The van der Waals surface area contributed by atoms with Crippen molar-refractivity contribution in [2.45, 2.75) is 13.8 Å². The highest BCUT2D eigenvalue weighted by molar-refractivity contribution is 6.04. The van der Waals surface area contributed by atoms with Gasteiger partial charge in [-0.3, -0.25) is 9.59 Å². The monoisotopic (exact) mass is 335 g/mol. The fourth-order valence-electron chi connectivity index (χ4n) is 2.38. The molecule has 6 nitrogen and oxygen atoms in total. The van der Waals surface area contributed by atoms with E-state index in [1.54, 1.807) is 31.2 Å². The van der Waals surface area contributed by atoms with Crippen LogP contribution in [-0.4, -0.2) is 16.8 Å². The maximum Gasteiger partial charge on any atom is 0.277 e. The third kappa shape index (κ3) is 3.92. The molecule has 1 heterocycles. The van der Waals surface area contributed by atoms with Crippen molar-refractivity contribution in [1.82, 2.24) is 4.98 Å². The van der Waals surface area contributed by atoms with Gasteiger partial charge in [0, 0.05) is 23.9 Å². The summed E-state index contributed by atoms with van der Waals surface area (Å²) in [6.07, 6.45) is 0. The summed E-state index contributed by atoms with van der Waals surface area (Å²) in [5.74, 6) is 0.288. The molecule has 2 aromatic carbocycles. The number of carbonyl (C=O) groups is 2. The fourth-order valence-corrected chi connectivity index (χ4v) is 2.38. The normalized spacial score (nSPS) is 10.3. The Balaban J connectivity index is 1.80. The molecule has 1 aromatic heterocycles. The van der Waals surface area contributed by atoms with E-state index in [2.05, 4.69) is 15.6 Å². The van der Waals surface area contributed by atoms with E-state index in [4.69, 9.17) is 4.42 Å². The summed E-state index contributed by atoms with van der Waals surface area (Å²) in [6.45, 7) is 3.12. The quantitative estimate of drug-likeness (QED) is 0.758. The lowest BCUT2D eigenvalue weighted by atomic mass is 10.2. The van der Waals surface area contributed by atoms with Crippen LogP contribution < -0.4 is 10.6 Å². The fraction of sp³-hybridized carbons (Fsp3) is 0.105. The number of anilines is 2. The van der Waals surface area contributed by atoms with Crippen molar-refractivity contribution in [3.8, 4) is 11.5 Å². The minimum atomic E-state index is -0.372. The second-order valence-corrected chi connectivity index (χ2v) is 5.51. The van der Waals surface area contributed by atoms with Crippen molar-refractivity contribution in [1.29, 1.82) is 0 Å². The maximum atomic E-state index is 12.5. The summed E-state index contributed by atoms with van der Waals surface area (Å²) in [5.41, 5.74) is 2.19. The molecule has 0 fully saturated rings. The lowest BCUT2D eigenvalue weighted by Gasteiger charge is -2.06. The van der Waals surface area contributed by atoms with Crippen LogP contribution >= 0.6 is 0 Å². The molecule has 0 atom stereocenters. The van der Waals surface area contributed by atoms with Crippen LogP contribution in [0.3, 0.4) is 0 Å². The molecule has 0 saturated carbocycles. The van der Waals surface area contributed by atoms with Crippen LogP contribution in [0.2, 0.25) is 0 Å². The molecule has 6 heteroatoms. The average Bonchev–Trinajstić information content (AvgIpc) is 2.97. The number of oxazole rings is 1. The van der Waals surface area contributed by atoms with Crippen LogP contribution in [0.4, 0.5) is 11.4 Å². The minimum Gasteiger partial charge on any atom is -0.441 e. The third-order valence-corrected chi connectivity index (χ3v) is 3.47. The van der Waals surface area contributed by atoms with E-state index < -0.39 is 0 Å². The number of amides is 2. The summed E-state index contributed by atoms with van der Waals surface area (Å²) in [7, 11) is 0. The number of carbonyl (C=O) groups excluding carboxylic acids is 2. The van der Waals surface area contributed by atoms with Crippen molar-refractivity contribution in [3.05, 3.63) is 66.1 Å². The van der Waals surface area contributed by atoms with E-state index in [-0.39, 0.29) is 17.5 Å². The third-order valence-electron chi connectivity index (χ3n) is 3.47. The van der Waals surface area contributed by atoms with Crippen LogP contribution in [0.25, 0.3) is 11.5 Å². The van der Waals surface area contributed by atoms with E-state index >= 15 is 0 Å². The Morgan fingerprint density at radius 3 is 2.32 bits per heavy atom. The van der Waals surface area contributed by atoms with E-state index in [0.717, 1.165) is 5.56 Å². The van der Waals surface area contributed by atoms with Crippen LogP contribution in [0.1, 0.15) is 23.2 Å². The predicted molar refractivity (Wildman–Crippen MR) is 95.4 cm³/mol. The number of nitrogens with zero attached hydrogens (tertiary/aromatic N) is 1. The van der Waals surface area contributed by atoms with Crippen molar-refractivity contribution >= 4 is 23.2 Å². The van der Waals surface area contributed by atoms with Gasteiger partial charge in [0.1, 0.15) is 5.76 Å². The molecule has 2 N–H and O–H groups in total. The molecule has 2 amide bonds. The van der Waals surface area contributed by atoms with E-state index in [9.17, 15) is 9.59 Å². The molecule has 0 aliphatic heterocycles. The van der Waals surface area contributed by atoms with E-state index in [1.165, 1.54) is 6.92 Å². The van der Waals surface area contributed by atoms with Gasteiger partial charge in [-0.2, -0.15) is 0 Å². The standard InChI is InChI=1S/C19H17N3O3/c1-12-17(22-19(25-12)14-7-4-3-5-8-14)18(24)21-16-10-6-9-15(11-16)20-13(2)23/h3-11H,1-2H3,(H,20,23)(H,21,24). The van der Waals surface area contributed by atoms with Gasteiger partial charge in [0.05, 0.1) is 0 Å². The first-order valence-electron chi connectivity index (χ1n) is 7.75. The van der Waals surface area contributed by atoms with Crippen LogP contribution in [0.5, 0.6) is 0 Å². The molecule has 0 aliphatic rings. The Kier molecular flexibility index (Phi) is 4.61. The van der Waals surface area contributed by atoms with E-state index in [1.807, 2.05) is 30.3 Å². The van der Waals surface area contributed by atoms with Crippen LogP contribution in [-0.2, 0) is 4.79 Å². The Morgan fingerprint density at radius 2 is 1.64 bits per heavy atom. The number of rotatable bonds is 4. The van der Waals surface area contributed by atoms with Gasteiger partial charge in [0.15, 0.2) is 5.69 Å². The highest BCUT2D eigenvalue weighted by atomic mass is 16.4. The Morgan fingerprint density at radius 1 is 0.960 bits per heavy atom. The smallest absolute Gasteiger partial charge is 0.277 e. The highest BCUT2D eigenvalue weighted by Crippen LogP contribution is 2.22. The number of benzene rings is 2. The molecule has 3 aromatic rings. The molecule has 0 aliphatic carbocycles. The average molecular weight is 335 g/mol. The van der Waals surface area contributed by atoms with Gasteiger partial charge in [-0.05, 0) is 37.3 Å². The van der Waals surface area contributed by atoms with E-state index in [0.29, 0.717) is 23.0 Å². The number of aryl methyl sites for hydroxylation is 1. The van der Waals surface area contributed by atoms with Gasteiger partial charge in [-0.1, -0.05) is 24.3 Å². The van der Waals surface area contributed by atoms with Crippen molar-refractivity contribution in [2.75, 3.05) is 10.6 Å². The largest absolute Gasteiger partial charge is 0.441 e. The molecule has 0 unspecified atom stereocenters. The topological polar surface area (TPSA) is 84.2 Å². The van der Waals surface area contributed by atoms with Crippen LogP contribution in [0.15, 0.2) is 59.0 Å². The molecule has 0 radical (unpaired) electrons. The van der Waals surface area contributed by atoms with Crippen molar-refractivity contribution < 1.29 is 14.0 Å². The SMILES string of the molecule is CC(=O)Nc1cccc(NC(=O)c2nc(-c3ccccc3)oc2C)c1. The molecule has 25 heavy (non-hydrogen) atoms. The van der Waals surface area contributed by atoms with Gasteiger partial charge in [-0.25, -0.2) is 4.98 Å². The van der Waals surface area contributed by atoms with Crippen molar-refractivity contribution in [3.63, 3.8) is 0 Å². The lowest BCUT2D eigenvalue weighted by Crippen LogP contribution is -2.14. The number of hydrogen-bond donors (Lipinski definition) is 2. The molecule has 126 valence electrons. The number of hydrogen-bond acceptors (Lipinski definition) is 4. The zero-order valence-corrected chi connectivity index (χ0v) is 13.9. The summed E-state index contributed by atoms with van der Waals surface area (Å²) in [6, 6.07) is 16.3. The molecule has 0 saturated heterocycles. The highest BCUT2D eigenvalue weighted by Gasteiger charge is 2.18. The zero-order valence-electron chi connectivity index (χ0n) is 13.9. The number of aromatic nitrogens is 1. The molecule has 0 bridgehead atoms. The van der Waals surface area contributed by atoms with Crippen molar-refractivity contribution in [2.24, 2.45) is 0 Å². The lowest BCUT2D eigenvalue weighted by molar-refractivity contribution is -0.114. The summed E-state index contributed by atoms with van der Waals surface area (Å²) in [5, 5.41) is 5.44. The molecule has 3 rings (SSSR count). The summed E-state index contributed by atoms with van der Waals surface area (Å²) in [4.78, 5) is 27.9. The van der Waals surface area contributed by atoms with Gasteiger partial charge >= 0.3 is 0 Å². The molecular weight excluding hydrogens is 318 g/mol.